The van der Waals surface area contributed by atoms with Gasteiger partial charge in [-0.15, -0.1) is 11.8 Å². The summed E-state index contributed by atoms with van der Waals surface area (Å²) in [6.07, 6.45) is 0. The third-order valence-electron chi connectivity index (χ3n) is 2.61. The van der Waals surface area contributed by atoms with Crippen LogP contribution in [0, 0.1) is 5.82 Å². The van der Waals surface area contributed by atoms with Crippen LogP contribution in [0.2, 0.25) is 5.02 Å². The molecule has 1 heterocycles. The van der Waals surface area contributed by atoms with Gasteiger partial charge in [-0.25, -0.2) is 12.8 Å². The second kappa shape index (κ2) is 5.28. The van der Waals surface area contributed by atoms with E-state index in [1.807, 2.05) is 0 Å². The predicted molar refractivity (Wildman–Crippen MR) is 69.2 cm³/mol. The summed E-state index contributed by atoms with van der Waals surface area (Å²) in [6.45, 7) is 0. The average molecular weight is 326 g/mol. The zero-order valence-corrected chi connectivity index (χ0v) is 11.8. The van der Waals surface area contributed by atoms with E-state index in [4.69, 9.17) is 16.7 Å². The molecule has 1 fully saturated rings. The van der Waals surface area contributed by atoms with E-state index < -0.39 is 27.9 Å². The zero-order chi connectivity index (χ0) is 14.2. The second-order valence-corrected chi connectivity index (χ2v) is 7.09. The molecule has 0 bridgehead atoms. The summed E-state index contributed by atoms with van der Waals surface area (Å²) >= 11 is 6.92. The number of carbonyl (C=O) groups is 1. The molecule has 1 atom stereocenters. The van der Waals surface area contributed by atoms with Crippen molar-refractivity contribution >= 4 is 39.4 Å². The smallest absolute Gasteiger partial charge is 0.322 e. The SMILES string of the molecule is O=C(O)C1CSCN1S(=O)(=O)c1ccc(F)cc1Cl. The minimum atomic E-state index is -4.05. The average Bonchev–Trinajstić information content (AvgIpc) is 2.77. The maximum atomic E-state index is 12.9. The Balaban J connectivity index is 2.45. The molecular formula is C10H9ClFNO4S2. The van der Waals surface area contributed by atoms with Gasteiger partial charge in [0.1, 0.15) is 16.8 Å². The number of carboxylic acids is 1. The van der Waals surface area contributed by atoms with Crippen LogP contribution in [0.5, 0.6) is 0 Å². The summed E-state index contributed by atoms with van der Waals surface area (Å²) in [4.78, 5) is 10.7. The number of halogens is 2. The Morgan fingerprint density at radius 3 is 2.79 bits per heavy atom. The van der Waals surface area contributed by atoms with E-state index in [0.29, 0.717) is 0 Å². The van der Waals surface area contributed by atoms with E-state index in [0.717, 1.165) is 22.5 Å². The third-order valence-corrected chi connectivity index (χ3v) is 6.12. The van der Waals surface area contributed by atoms with Crippen LogP contribution in [0.1, 0.15) is 0 Å². The van der Waals surface area contributed by atoms with Crippen molar-refractivity contribution in [3.63, 3.8) is 0 Å². The number of hydrogen-bond donors (Lipinski definition) is 1. The van der Waals surface area contributed by atoms with E-state index in [-0.39, 0.29) is 21.5 Å². The molecule has 0 amide bonds. The lowest BCUT2D eigenvalue weighted by Crippen LogP contribution is -2.41. The van der Waals surface area contributed by atoms with E-state index in [1.165, 1.54) is 11.8 Å². The molecule has 104 valence electrons. The van der Waals surface area contributed by atoms with Crippen LogP contribution >= 0.6 is 23.4 Å². The summed E-state index contributed by atoms with van der Waals surface area (Å²) in [5.74, 6) is -1.67. The van der Waals surface area contributed by atoms with Gasteiger partial charge in [-0.2, -0.15) is 4.31 Å². The van der Waals surface area contributed by atoms with E-state index >= 15 is 0 Å². The van der Waals surface area contributed by atoms with E-state index in [2.05, 4.69) is 0 Å². The Labute approximate surface area is 118 Å². The highest BCUT2D eigenvalue weighted by atomic mass is 35.5. The minimum Gasteiger partial charge on any atom is -0.480 e. The molecular weight excluding hydrogens is 317 g/mol. The van der Waals surface area contributed by atoms with Crippen molar-refractivity contribution in [2.24, 2.45) is 0 Å². The van der Waals surface area contributed by atoms with Gasteiger partial charge in [0.15, 0.2) is 0 Å². The Morgan fingerprint density at radius 1 is 1.53 bits per heavy atom. The van der Waals surface area contributed by atoms with E-state index in [9.17, 15) is 17.6 Å². The fourth-order valence-electron chi connectivity index (χ4n) is 1.67. The molecule has 5 nitrogen and oxygen atoms in total. The number of thioether (sulfide) groups is 1. The highest BCUT2D eigenvalue weighted by Gasteiger charge is 2.40. The summed E-state index contributed by atoms with van der Waals surface area (Å²) in [5.41, 5.74) is 0. The highest BCUT2D eigenvalue weighted by Crippen LogP contribution is 2.31. The van der Waals surface area contributed by atoms with Crippen molar-refractivity contribution < 1.29 is 22.7 Å². The van der Waals surface area contributed by atoms with Gasteiger partial charge in [0, 0.05) is 5.75 Å². The van der Waals surface area contributed by atoms with Gasteiger partial charge in [-0.05, 0) is 18.2 Å². The summed E-state index contributed by atoms with van der Waals surface area (Å²) < 4.78 is 38.4. The first kappa shape index (κ1) is 14.6. The number of carboxylic acid groups (broad SMARTS) is 1. The van der Waals surface area contributed by atoms with Crippen LogP contribution in [-0.2, 0) is 14.8 Å². The molecule has 0 aromatic heterocycles. The molecule has 1 aromatic carbocycles. The number of sulfonamides is 1. The zero-order valence-electron chi connectivity index (χ0n) is 9.42. The van der Waals surface area contributed by atoms with E-state index in [1.54, 1.807) is 0 Å². The molecule has 9 heteroatoms. The van der Waals surface area contributed by atoms with Gasteiger partial charge >= 0.3 is 5.97 Å². The normalized spacial score (nSPS) is 20.6. The fourth-order valence-corrected chi connectivity index (χ4v) is 5.31. The van der Waals surface area contributed by atoms with Gasteiger partial charge < -0.3 is 5.11 Å². The molecule has 0 spiro atoms. The molecule has 0 aliphatic carbocycles. The third kappa shape index (κ3) is 2.71. The van der Waals surface area contributed by atoms with Crippen LogP contribution in [0.25, 0.3) is 0 Å². The van der Waals surface area contributed by atoms with Crippen LogP contribution < -0.4 is 0 Å². The lowest BCUT2D eigenvalue weighted by atomic mass is 10.3. The maximum Gasteiger partial charge on any atom is 0.322 e. The number of benzene rings is 1. The van der Waals surface area contributed by atoms with Crippen LogP contribution in [0.4, 0.5) is 4.39 Å². The number of hydrogen-bond acceptors (Lipinski definition) is 4. The molecule has 19 heavy (non-hydrogen) atoms. The Kier molecular flexibility index (Phi) is 4.05. The monoisotopic (exact) mass is 325 g/mol. The number of rotatable bonds is 3. The largest absolute Gasteiger partial charge is 0.480 e. The molecule has 1 aliphatic rings. The second-order valence-electron chi connectivity index (χ2n) is 3.82. The van der Waals surface area contributed by atoms with Crippen LogP contribution in [-0.4, -0.2) is 41.5 Å². The maximum absolute atomic E-state index is 12.9. The first-order chi connectivity index (χ1) is 8.84. The van der Waals surface area contributed by atoms with Crippen LogP contribution in [0.15, 0.2) is 23.1 Å². The van der Waals surface area contributed by atoms with Gasteiger partial charge in [0.25, 0.3) is 0 Å². The predicted octanol–water partition coefficient (Wildman–Crippen LogP) is 1.63. The topological polar surface area (TPSA) is 74.7 Å². The summed E-state index contributed by atoms with van der Waals surface area (Å²) in [6, 6.07) is 1.76. The summed E-state index contributed by atoms with van der Waals surface area (Å²) in [7, 11) is -4.05. The Bertz CT molecular complexity index is 622. The molecule has 1 aromatic rings. The molecule has 1 N–H and O–H groups in total. The van der Waals surface area contributed by atoms with Gasteiger partial charge in [-0.3, -0.25) is 4.79 Å². The van der Waals surface area contributed by atoms with Crippen molar-refractivity contribution in [2.75, 3.05) is 11.6 Å². The standard InChI is InChI=1S/C10H9ClFNO4S2/c11-7-3-6(12)1-2-9(7)19(16,17)13-5-18-4-8(13)10(14)15/h1-3,8H,4-5H2,(H,14,15). The molecule has 1 aliphatic heterocycles. The Hall–Kier alpha value is -0.830. The Morgan fingerprint density at radius 2 is 2.21 bits per heavy atom. The van der Waals surface area contributed by atoms with Crippen LogP contribution in [0.3, 0.4) is 0 Å². The molecule has 0 radical (unpaired) electrons. The van der Waals surface area contributed by atoms with Crippen molar-refractivity contribution in [1.29, 1.82) is 0 Å². The van der Waals surface area contributed by atoms with Gasteiger partial charge in [0.2, 0.25) is 10.0 Å². The quantitative estimate of drug-likeness (QED) is 0.914. The van der Waals surface area contributed by atoms with Gasteiger partial charge in [0.05, 0.1) is 10.9 Å². The number of aliphatic carboxylic acids is 1. The summed E-state index contributed by atoms with van der Waals surface area (Å²) in [5, 5.41) is 8.73. The first-order valence-electron chi connectivity index (χ1n) is 5.11. The van der Waals surface area contributed by atoms with Crippen molar-refractivity contribution in [3.05, 3.63) is 29.0 Å². The number of nitrogens with zero attached hydrogens (tertiary/aromatic N) is 1. The molecule has 1 saturated heterocycles. The lowest BCUT2D eigenvalue weighted by Gasteiger charge is -2.20. The van der Waals surface area contributed by atoms with Gasteiger partial charge in [-0.1, -0.05) is 11.6 Å². The molecule has 0 saturated carbocycles. The fraction of sp³-hybridized carbons (Fsp3) is 0.300. The molecule has 2 rings (SSSR count). The lowest BCUT2D eigenvalue weighted by molar-refractivity contribution is -0.140. The van der Waals surface area contributed by atoms with Crippen molar-refractivity contribution in [3.8, 4) is 0 Å². The van der Waals surface area contributed by atoms with Crippen molar-refractivity contribution in [1.82, 2.24) is 4.31 Å². The molecule has 1 unspecified atom stereocenters. The minimum absolute atomic E-state index is 0.0347. The first-order valence-corrected chi connectivity index (χ1v) is 8.09. The highest BCUT2D eigenvalue weighted by molar-refractivity contribution is 8.00. The van der Waals surface area contributed by atoms with Crippen molar-refractivity contribution in [2.45, 2.75) is 10.9 Å².